The van der Waals surface area contributed by atoms with Crippen LogP contribution in [0.15, 0.2) is 57.6 Å². The first-order chi connectivity index (χ1) is 11.0. The molecule has 3 aromatic rings. The molecule has 0 aliphatic carbocycles. The van der Waals surface area contributed by atoms with E-state index in [0.717, 1.165) is 15.6 Å². The maximum Gasteiger partial charge on any atom is 0.292 e. The Balaban J connectivity index is 1.82. The molecule has 0 bridgehead atoms. The van der Waals surface area contributed by atoms with Crippen molar-refractivity contribution in [1.29, 1.82) is 0 Å². The lowest BCUT2D eigenvalue weighted by Gasteiger charge is -2.04. The minimum atomic E-state index is -0.356. The lowest BCUT2D eigenvalue weighted by Crippen LogP contribution is -2.11. The molecule has 0 fully saturated rings. The zero-order valence-electron chi connectivity index (χ0n) is 12.1. The summed E-state index contributed by atoms with van der Waals surface area (Å²) in [5, 5.41) is 3.34. The molecule has 0 atom stereocenters. The maximum absolute atomic E-state index is 12.2. The number of benzene rings is 1. The molecule has 0 radical (unpaired) electrons. The maximum atomic E-state index is 12.2. The van der Waals surface area contributed by atoms with Crippen molar-refractivity contribution < 1.29 is 9.21 Å². The molecular formula is C17H12BrClN2O2. The summed E-state index contributed by atoms with van der Waals surface area (Å²) in [6, 6.07) is 12.4. The number of nitrogens with zero attached hydrogens (tertiary/aromatic N) is 1. The Morgan fingerprint density at radius 1 is 1.22 bits per heavy atom. The summed E-state index contributed by atoms with van der Waals surface area (Å²) < 4.78 is 6.50. The standard InChI is InChI=1S/C17H12BrClN2O2/c1-10-12(3-2-4-13(10)19)14-6-7-15(23-14)17(22)21-16-8-5-11(18)9-20-16/h2-9H,1H3,(H,20,21,22). The molecule has 1 amide bonds. The van der Waals surface area contributed by atoms with Crippen molar-refractivity contribution in [3.8, 4) is 11.3 Å². The molecule has 0 aliphatic rings. The lowest BCUT2D eigenvalue weighted by molar-refractivity contribution is 0.0997. The van der Waals surface area contributed by atoms with Crippen molar-refractivity contribution >= 4 is 39.3 Å². The van der Waals surface area contributed by atoms with Crippen molar-refractivity contribution in [2.24, 2.45) is 0 Å². The molecule has 0 saturated heterocycles. The third-order valence-electron chi connectivity index (χ3n) is 3.33. The smallest absolute Gasteiger partial charge is 0.292 e. The molecule has 1 aromatic carbocycles. The van der Waals surface area contributed by atoms with Gasteiger partial charge in [0.2, 0.25) is 0 Å². The summed E-state index contributed by atoms with van der Waals surface area (Å²) in [6.45, 7) is 1.91. The Bertz CT molecular complexity index is 859. The molecular weight excluding hydrogens is 380 g/mol. The number of aromatic nitrogens is 1. The molecule has 0 saturated carbocycles. The van der Waals surface area contributed by atoms with E-state index in [9.17, 15) is 4.79 Å². The van der Waals surface area contributed by atoms with Crippen LogP contribution in [0.1, 0.15) is 16.1 Å². The van der Waals surface area contributed by atoms with E-state index >= 15 is 0 Å². The summed E-state index contributed by atoms with van der Waals surface area (Å²) in [6.07, 6.45) is 1.61. The van der Waals surface area contributed by atoms with Gasteiger partial charge in [-0.3, -0.25) is 4.79 Å². The van der Waals surface area contributed by atoms with Gasteiger partial charge in [0, 0.05) is 21.3 Å². The minimum Gasteiger partial charge on any atom is -0.451 e. The van der Waals surface area contributed by atoms with E-state index in [0.29, 0.717) is 16.6 Å². The van der Waals surface area contributed by atoms with Gasteiger partial charge in [0.05, 0.1) is 0 Å². The van der Waals surface area contributed by atoms with E-state index < -0.39 is 0 Å². The number of halogens is 2. The molecule has 2 heterocycles. The average Bonchev–Trinajstić information content (AvgIpc) is 3.02. The summed E-state index contributed by atoms with van der Waals surface area (Å²) >= 11 is 9.41. The van der Waals surface area contributed by atoms with Gasteiger partial charge in [-0.05, 0) is 58.7 Å². The zero-order chi connectivity index (χ0) is 16.4. The number of anilines is 1. The summed E-state index contributed by atoms with van der Waals surface area (Å²) in [5.41, 5.74) is 1.77. The highest BCUT2D eigenvalue weighted by Crippen LogP contribution is 2.29. The SMILES string of the molecule is Cc1c(Cl)cccc1-c1ccc(C(=O)Nc2ccc(Br)cn2)o1. The molecule has 0 unspecified atom stereocenters. The predicted molar refractivity (Wildman–Crippen MR) is 93.8 cm³/mol. The highest BCUT2D eigenvalue weighted by Gasteiger charge is 2.14. The Hall–Kier alpha value is -2.11. The van der Waals surface area contributed by atoms with Gasteiger partial charge >= 0.3 is 0 Å². The van der Waals surface area contributed by atoms with Crippen molar-refractivity contribution in [3.05, 3.63) is 69.5 Å². The normalized spacial score (nSPS) is 10.6. The second-order valence-electron chi connectivity index (χ2n) is 4.89. The van der Waals surface area contributed by atoms with Crippen LogP contribution < -0.4 is 5.32 Å². The van der Waals surface area contributed by atoms with E-state index in [1.807, 2.05) is 25.1 Å². The first kappa shape index (κ1) is 15.8. The van der Waals surface area contributed by atoms with E-state index in [1.54, 1.807) is 30.5 Å². The van der Waals surface area contributed by atoms with Crippen LogP contribution in [0, 0.1) is 6.92 Å². The van der Waals surface area contributed by atoms with Crippen LogP contribution in [0.5, 0.6) is 0 Å². The van der Waals surface area contributed by atoms with E-state index in [-0.39, 0.29) is 11.7 Å². The number of hydrogen-bond acceptors (Lipinski definition) is 3. The topological polar surface area (TPSA) is 55.1 Å². The number of hydrogen-bond donors (Lipinski definition) is 1. The van der Waals surface area contributed by atoms with Crippen molar-refractivity contribution in [3.63, 3.8) is 0 Å². The second-order valence-corrected chi connectivity index (χ2v) is 6.21. The molecule has 2 aromatic heterocycles. The first-order valence-electron chi connectivity index (χ1n) is 6.83. The van der Waals surface area contributed by atoms with Crippen molar-refractivity contribution in [2.75, 3.05) is 5.32 Å². The zero-order valence-corrected chi connectivity index (χ0v) is 14.5. The Labute approximate surface area is 146 Å². The van der Waals surface area contributed by atoms with E-state index in [2.05, 4.69) is 26.2 Å². The largest absolute Gasteiger partial charge is 0.451 e. The summed E-state index contributed by atoms with van der Waals surface area (Å²) in [5.74, 6) is 0.906. The predicted octanol–water partition coefficient (Wildman–Crippen LogP) is 5.32. The van der Waals surface area contributed by atoms with Gasteiger partial charge in [-0.15, -0.1) is 0 Å². The number of amides is 1. The van der Waals surface area contributed by atoms with Crippen LogP contribution in [0.4, 0.5) is 5.82 Å². The van der Waals surface area contributed by atoms with Crippen LogP contribution in [0.2, 0.25) is 5.02 Å². The molecule has 0 aliphatic heterocycles. The van der Waals surface area contributed by atoms with Crippen LogP contribution in [0.3, 0.4) is 0 Å². The van der Waals surface area contributed by atoms with Gasteiger partial charge in [0.15, 0.2) is 5.76 Å². The fourth-order valence-electron chi connectivity index (χ4n) is 2.11. The van der Waals surface area contributed by atoms with Crippen LogP contribution >= 0.6 is 27.5 Å². The van der Waals surface area contributed by atoms with Crippen LogP contribution in [-0.4, -0.2) is 10.9 Å². The Kier molecular flexibility index (Phi) is 4.50. The highest BCUT2D eigenvalue weighted by atomic mass is 79.9. The number of pyridine rings is 1. The van der Waals surface area contributed by atoms with Gasteiger partial charge in [0.25, 0.3) is 5.91 Å². The molecule has 3 rings (SSSR count). The average molecular weight is 392 g/mol. The molecule has 0 spiro atoms. The molecule has 6 heteroatoms. The summed E-state index contributed by atoms with van der Waals surface area (Å²) in [4.78, 5) is 16.3. The molecule has 116 valence electrons. The Morgan fingerprint density at radius 3 is 2.78 bits per heavy atom. The number of carbonyl (C=O) groups is 1. The van der Waals surface area contributed by atoms with E-state index in [4.69, 9.17) is 16.0 Å². The fourth-order valence-corrected chi connectivity index (χ4v) is 2.52. The van der Waals surface area contributed by atoms with Crippen LogP contribution in [0.25, 0.3) is 11.3 Å². The third-order valence-corrected chi connectivity index (χ3v) is 4.21. The van der Waals surface area contributed by atoms with Crippen molar-refractivity contribution in [2.45, 2.75) is 6.92 Å². The molecule has 4 nitrogen and oxygen atoms in total. The van der Waals surface area contributed by atoms with Crippen LogP contribution in [-0.2, 0) is 0 Å². The molecule has 1 N–H and O–H groups in total. The molecule has 23 heavy (non-hydrogen) atoms. The van der Waals surface area contributed by atoms with Gasteiger partial charge < -0.3 is 9.73 Å². The Morgan fingerprint density at radius 2 is 2.04 bits per heavy atom. The van der Waals surface area contributed by atoms with Gasteiger partial charge in [-0.25, -0.2) is 4.98 Å². The van der Waals surface area contributed by atoms with Gasteiger partial charge in [0.1, 0.15) is 11.6 Å². The number of furan rings is 1. The third kappa shape index (κ3) is 3.46. The number of carbonyl (C=O) groups excluding carboxylic acids is 1. The summed E-state index contributed by atoms with van der Waals surface area (Å²) in [7, 11) is 0. The van der Waals surface area contributed by atoms with Gasteiger partial charge in [-0.1, -0.05) is 23.7 Å². The van der Waals surface area contributed by atoms with E-state index in [1.165, 1.54) is 0 Å². The quantitative estimate of drug-likeness (QED) is 0.657. The number of nitrogens with one attached hydrogen (secondary N) is 1. The fraction of sp³-hybridized carbons (Fsp3) is 0.0588. The highest BCUT2D eigenvalue weighted by molar-refractivity contribution is 9.10. The second kappa shape index (κ2) is 6.56. The van der Waals surface area contributed by atoms with Gasteiger partial charge in [-0.2, -0.15) is 0 Å². The minimum absolute atomic E-state index is 0.212. The monoisotopic (exact) mass is 390 g/mol. The first-order valence-corrected chi connectivity index (χ1v) is 8.00. The lowest BCUT2D eigenvalue weighted by atomic mass is 10.1. The number of rotatable bonds is 3. The van der Waals surface area contributed by atoms with Crippen molar-refractivity contribution in [1.82, 2.24) is 4.98 Å².